The fourth-order valence-corrected chi connectivity index (χ4v) is 3.87. The van der Waals surface area contributed by atoms with Crippen molar-refractivity contribution in [3.05, 3.63) is 47.0 Å². The van der Waals surface area contributed by atoms with Crippen LogP contribution in [0.5, 0.6) is 11.5 Å². The summed E-state index contributed by atoms with van der Waals surface area (Å²) >= 11 is 1.53. The molecular weight excluding hydrogens is 296 g/mol. The lowest BCUT2D eigenvalue weighted by molar-refractivity contribution is 0.0939. The van der Waals surface area contributed by atoms with Crippen molar-refractivity contribution in [1.82, 2.24) is 0 Å². The number of fused-ring (bicyclic) bond motifs is 2. The van der Waals surface area contributed by atoms with Gasteiger partial charge >= 0.3 is 0 Å². The highest BCUT2D eigenvalue weighted by Crippen LogP contribution is 2.42. The van der Waals surface area contributed by atoms with Crippen LogP contribution in [0, 0.1) is 5.92 Å². The zero-order chi connectivity index (χ0) is 15.9. The van der Waals surface area contributed by atoms with E-state index in [1.165, 1.54) is 17.8 Å². The van der Waals surface area contributed by atoms with Gasteiger partial charge in [0.2, 0.25) is 0 Å². The molecule has 0 bridgehead atoms. The molecule has 0 saturated heterocycles. The maximum Gasteiger partial charge on any atom is 0.165 e. The molecule has 22 heavy (non-hydrogen) atoms. The SMILES string of the molecule is CC(C)C(=O)c1ccc2c(c1)CCc1c(O)cc(O)cc1S2. The molecule has 2 aromatic rings. The summed E-state index contributed by atoms with van der Waals surface area (Å²) < 4.78 is 0. The molecule has 114 valence electrons. The summed E-state index contributed by atoms with van der Waals surface area (Å²) in [5.74, 6) is 0.331. The molecular formula is C18H18O3S. The van der Waals surface area contributed by atoms with Gasteiger partial charge in [0.1, 0.15) is 11.5 Å². The molecule has 2 N–H and O–H groups in total. The summed E-state index contributed by atoms with van der Waals surface area (Å²) in [7, 11) is 0. The van der Waals surface area contributed by atoms with Gasteiger partial charge in [0, 0.05) is 32.9 Å². The number of carbonyl (C=O) groups is 1. The Bertz CT molecular complexity index is 750. The zero-order valence-corrected chi connectivity index (χ0v) is 13.4. The Balaban J connectivity index is 2.01. The van der Waals surface area contributed by atoms with E-state index in [0.29, 0.717) is 6.42 Å². The van der Waals surface area contributed by atoms with Crippen LogP contribution in [0.3, 0.4) is 0 Å². The number of carbonyl (C=O) groups excluding carboxylic acids is 1. The van der Waals surface area contributed by atoms with E-state index in [-0.39, 0.29) is 23.2 Å². The quantitative estimate of drug-likeness (QED) is 0.816. The second-order valence-electron chi connectivity index (χ2n) is 5.89. The van der Waals surface area contributed by atoms with Crippen molar-refractivity contribution >= 4 is 17.5 Å². The molecule has 1 aliphatic rings. The minimum Gasteiger partial charge on any atom is -0.508 e. The van der Waals surface area contributed by atoms with Crippen LogP contribution in [0.2, 0.25) is 0 Å². The Morgan fingerprint density at radius 2 is 1.86 bits per heavy atom. The van der Waals surface area contributed by atoms with Crippen LogP contribution >= 0.6 is 11.8 Å². The zero-order valence-electron chi connectivity index (χ0n) is 12.6. The van der Waals surface area contributed by atoms with E-state index in [4.69, 9.17) is 0 Å². The Morgan fingerprint density at radius 1 is 1.09 bits per heavy atom. The molecule has 3 nitrogen and oxygen atoms in total. The van der Waals surface area contributed by atoms with Crippen molar-refractivity contribution < 1.29 is 15.0 Å². The Morgan fingerprint density at radius 3 is 2.59 bits per heavy atom. The van der Waals surface area contributed by atoms with Gasteiger partial charge in [0.15, 0.2) is 5.78 Å². The number of rotatable bonds is 2. The van der Waals surface area contributed by atoms with Crippen molar-refractivity contribution in [2.75, 3.05) is 0 Å². The number of Topliss-reactive ketones (excluding diaryl/α,β-unsaturated/α-hetero) is 1. The summed E-state index contributed by atoms with van der Waals surface area (Å²) in [6.07, 6.45) is 1.47. The van der Waals surface area contributed by atoms with E-state index < -0.39 is 0 Å². The molecule has 0 aromatic heterocycles. The van der Waals surface area contributed by atoms with Crippen molar-refractivity contribution in [2.45, 2.75) is 36.5 Å². The topological polar surface area (TPSA) is 57.5 Å². The number of phenolic OH excluding ortho intramolecular Hbond substituents is 2. The van der Waals surface area contributed by atoms with Crippen LogP contribution in [0.4, 0.5) is 0 Å². The van der Waals surface area contributed by atoms with E-state index in [0.717, 1.165) is 32.9 Å². The second kappa shape index (κ2) is 5.69. The smallest absolute Gasteiger partial charge is 0.165 e. The van der Waals surface area contributed by atoms with Gasteiger partial charge in [0.25, 0.3) is 0 Å². The first-order valence-corrected chi connectivity index (χ1v) is 8.17. The molecule has 1 heterocycles. The lowest BCUT2D eigenvalue weighted by atomic mass is 9.97. The molecule has 3 rings (SSSR count). The van der Waals surface area contributed by atoms with E-state index in [1.807, 2.05) is 32.0 Å². The van der Waals surface area contributed by atoms with Crippen LogP contribution in [-0.2, 0) is 12.8 Å². The third-order valence-corrected chi connectivity index (χ3v) is 5.11. The number of ketones is 1. The maximum absolute atomic E-state index is 12.2. The summed E-state index contributed by atoms with van der Waals surface area (Å²) in [6, 6.07) is 8.85. The molecule has 0 saturated carbocycles. The van der Waals surface area contributed by atoms with Crippen molar-refractivity contribution in [1.29, 1.82) is 0 Å². The Kier molecular flexibility index (Phi) is 3.87. The molecule has 0 atom stereocenters. The highest BCUT2D eigenvalue weighted by atomic mass is 32.2. The third-order valence-electron chi connectivity index (χ3n) is 3.90. The van der Waals surface area contributed by atoms with Crippen molar-refractivity contribution in [3.8, 4) is 11.5 Å². The number of aromatic hydroxyl groups is 2. The first-order chi connectivity index (χ1) is 10.5. The highest BCUT2D eigenvalue weighted by Gasteiger charge is 2.20. The average Bonchev–Trinajstić information content (AvgIpc) is 2.64. The largest absolute Gasteiger partial charge is 0.508 e. The van der Waals surface area contributed by atoms with Gasteiger partial charge in [-0.25, -0.2) is 0 Å². The molecule has 0 radical (unpaired) electrons. The first kappa shape index (κ1) is 15.0. The van der Waals surface area contributed by atoms with Gasteiger partial charge in [-0.15, -0.1) is 0 Å². The van der Waals surface area contributed by atoms with E-state index in [2.05, 4.69) is 0 Å². The molecule has 0 spiro atoms. The molecule has 2 aromatic carbocycles. The molecule has 0 aliphatic carbocycles. The van der Waals surface area contributed by atoms with Gasteiger partial charge in [-0.05, 0) is 36.6 Å². The molecule has 0 unspecified atom stereocenters. The third kappa shape index (κ3) is 2.71. The van der Waals surface area contributed by atoms with Crippen molar-refractivity contribution in [3.63, 3.8) is 0 Å². The number of phenols is 2. The number of hydrogen-bond donors (Lipinski definition) is 2. The predicted molar refractivity (Wildman–Crippen MR) is 86.9 cm³/mol. The van der Waals surface area contributed by atoms with Crippen LogP contribution in [-0.4, -0.2) is 16.0 Å². The lowest BCUT2D eigenvalue weighted by Gasteiger charge is -2.10. The summed E-state index contributed by atoms with van der Waals surface area (Å²) in [4.78, 5) is 14.1. The lowest BCUT2D eigenvalue weighted by Crippen LogP contribution is -2.08. The number of benzene rings is 2. The first-order valence-electron chi connectivity index (χ1n) is 7.35. The molecule has 0 fully saturated rings. The van der Waals surface area contributed by atoms with E-state index in [9.17, 15) is 15.0 Å². The highest BCUT2D eigenvalue weighted by molar-refractivity contribution is 7.99. The monoisotopic (exact) mass is 314 g/mol. The average molecular weight is 314 g/mol. The summed E-state index contributed by atoms with van der Waals surface area (Å²) in [5, 5.41) is 19.7. The van der Waals surface area contributed by atoms with E-state index >= 15 is 0 Å². The normalized spacial score (nSPS) is 13.4. The standard InChI is InChI=1S/C18H18O3S/c1-10(2)18(21)12-4-6-16-11(7-12)3-5-14-15(20)8-13(19)9-17(14)22-16/h4,6-10,19-20H,3,5H2,1-2H3. The van der Waals surface area contributed by atoms with Crippen LogP contribution in [0.15, 0.2) is 40.1 Å². The van der Waals surface area contributed by atoms with Crippen molar-refractivity contribution in [2.24, 2.45) is 5.92 Å². The Hall–Kier alpha value is -1.94. The number of aryl methyl sites for hydroxylation is 1. The van der Waals surface area contributed by atoms with Crippen LogP contribution in [0.1, 0.15) is 35.3 Å². The maximum atomic E-state index is 12.2. The van der Waals surface area contributed by atoms with Gasteiger partial charge in [-0.1, -0.05) is 31.7 Å². The van der Waals surface area contributed by atoms with Crippen LogP contribution < -0.4 is 0 Å². The van der Waals surface area contributed by atoms with Gasteiger partial charge in [0.05, 0.1) is 0 Å². The minimum absolute atomic E-state index is 0.0188. The second-order valence-corrected chi connectivity index (χ2v) is 6.97. The summed E-state index contributed by atoms with van der Waals surface area (Å²) in [6.45, 7) is 3.80. The van der Waals surface area contributed by atoms with Gasteiger partial charge < -0.3 is 10.2 Å². The van der Waals surface area contributed by atoms with Gasteiger partial charge in [-0.3, -0.25) is 4.79 Å². The van der Waals surface area contributed by atoms with Gasteiger partial charge in [-0.2, -0.15) is 0 Å². The fourth-order valence-electron chi connectivity index (χ4n) is 2.70. The van der Waals surface area contributed by atoms with E-state index in [1.54, 1.807) is 6.07 Å². The molecule has 0 amide bonds. The fraction of sp³-hybridized carbons (Fsp3) is 0.278. The van der Waals surface area contributed by atoms with Crippen LogP contribution in [0.25, 0.3) is 0 Å². The molecule has 1 aliphatic heterocycles. The summed E-state index contributed by atoms with van der Waals surface area (Å²) in [5.41, 5.74) is 2.72. The molecule has 4 heteroatoms. The Labute approximate surface area is 134 Å². The minimum atomic E-state index is -0.0188. The predicted octanol–water partition coefficient (Wildman–Crippen LogP) is 4.19. The number of hydrogen-bond acceptors (Lipinski definition) is 4.